The van der Waals surface area contributed by atoms with Crippen LogP contribution in [-0.2, 0) is 0 Å². The molecule has 0 aliphatic heterocycles. The van der Waals surface area contributed by atoms with E-state index in [0.29, 0.717) is 0 Å². The standard InChI is InChI=1S/C8H17NO/c1-7(9)8(6-10)4-2-3-5-8/h7,10H,2-6,9H2,1H3. The highest BCUT2D eigenvalue weighted by Gasteiger charge is 2.36. The molecule has 1 atom stereocenters. The van der Waals surface area contributed by atoms with Crippen molar-refractivity contribution in [2.45, 2.75) is 38.6 Å². The van der Waals surface area contributed by atoms with Crippen molar-refractivity contribution in [3.63, 3.8) is 0 Å². The lowest BCUT2D eigenvalue weighted by atomic mass is 9.81. The third kappa shape index (κ3) is 1.18. The van der Waals surface area contributed by atoms with Gasteiger partial charge in [-0.3, -0.25) is 0 Å². The second kappa shape index (κ2) is 2.89. The molecule has 0 aromatic rings. The zero-order chi connectivity index (χ0) is 7.61. The Morgan fingerprint density at radius 2 is 2.00 bits per heavy atom. The first kappa shape index (κ1) is 8.02. The SMILES string of the molecule is CC(N)C1(CO)CCCC1. The largest absolute Gasteiger partial charge is 0.396 e. The Balaban J connectivity index is 2.58. The van der Waals surface area contributed by atoms with Gasteiger partial charge < -0.3 is 10.8 Å². The second-order valence-electron chi connectivity index (χ2n) is 3.52. The highest BCUT2D eigenvalue weighted by molar-refractivity contribution is 4.90. The molecular formula is C8H17NO. The van der Waals surface area contributed by atoms with Crippen molar-refractivity contribution in [1.82, 2.24) is 0 Å². The third-order valence-electron chi connectivity index (χ3n) is 2.88. The van der Waals surface area contributed by atoms with Crippen molar-refractivity contribution in [3.8, 4) is 0 Å². The van der Waals surface area contributed by atoms with Gasteiger partial charge in [-0.2, -0.15) is 0 Å². The predicted molar refractivity (Wildman–Crippen MR) is 41.6 cm³/mol. The van der Waals surface area contributed by atoms with E-state index in [1.54, 1.807) is 0 Å². The van der Waals surface area contributed by atoms with Crippen LogP contribution in [0.1, 0.15) is 32.6 Å². The van der Waals surface area contributed by atoms with Crippen LogP contribution >= 0.6 is 0 Å². The zero-order valence-electron chi connectivity index (χ0n) is 6.64. The maximum atomic E-state index is 9.11. The van der Waals surface area contributed by atoms with Crippen LogP contribution in [-0.4, -0.2) is 17.8 Å². The number of nitrogens with two attached hydrogens (primary N) is 1. The molecule has 0 saturated heterocycles. The molecule has 0 radical (unpaired) electrons. The summed E-state index contributed by atoms with van der Waals surface area (Å²) in [5.74, 6) is 0. The Labute approximate surface area is 62.4 Å². The molecule has 0 aromatic heterocycles. The van der Waals surface area contributed by atoms with Crippen molar-refractivity contribution >= 4 is 0 Å². The van der Waals surface area contributed by atoms with E-state index >= 15 is 0 Å². The predicted octanol–water partition coefficient (Wildman–Crippen LogP) is 0.886. The van der Waals surface area contributed by atoms with Gasteiger partial charge in [0.1, 0.15) is 0 Å². The zero-order valence-corrected chi connectivity index (χ0v) is 6.64. The Hall–Kier alpha value is -0.0800. The summed E-state index contributed by atoms with van der Waals surface area (Å²) in [4.78, 5) is 0. The number of aliphatic hydroxyl groups is 1. The summed E-state index contributed by atoms with van der Waals surface area (Å²) in [7, 11) is 0. The van der Waals surface area contributed by atoms with Crippen LogP contribution in [0.2, 0.25) is 0 Å². The van der Waals surface area contributed by atoms with Gasteiger partial charge in [0, 0.05) is 11.5 Å². The highest BCUT2D eigenvalue weighted by Crippen LogP contribution is 2.39. The molecule has 10 heavy (non-hydrogen) atoms. The molecule has 1 aliphatic rings. The molecule has 0 spiro atoms. The number of hydrogen-bond donors (Lipinski definition) is 2. The lowest BCUT2D eigenvalue weighted by molar-refractivity contribution is 0.108. The fourth-order valence-corrected chi connectivity index (χ4v) is 1.84. The highest BCUT2D eigenvalue weighted by atomic mass is 16.3. The summed E-state index contributed by atoms with van der Waals surface area (Å²) in [6, 6.07) is 0.153. The molecule has 2 heteroatoms. The molecule has 0 heterocycles. The average molecular weight is 143 g/mol. The first-order valence-electron chi connectivity index (χ1n) is 4.08. The van der Waals surface area contributed by atoms with Gasteiger partial charge in [0.25, 0.3) is 0 Å². The number of aliphatic hydroxyl groups excluding tert-OH is 1. The van der Waals surface area contributed by atoms with Gasteiger partial charge in [-0.25, -0.2) is 0 Å². The Kier molecular flexibility index (Phi) is 2.32. The van der Waals surface area contributed by atoms with Gasteiger partial charge in [-0.1, -0.05) is 12.8 Å². The van der Waals surface area contributed by atoms with Crippen LogP contribution in [0.5, 0.6) is 0 Å². The lowest BCUT2D eigenvalue weighted by Crippen LogP contribution is -2.40. The van der Waals surface area contributed by atoms with Crippen LogP contribution in [0.25, 0.3) is 0 Å². The van der Waals surface area contributed by atoms with Gasteiger partial charge in [-0.15, -0.1) is 0 Å². The summed E-state index contributed by atoms with van der Waals surface area (Å²) in [5.41, 5.74) is 5.85. The summed E-state index contributed by atoms with van der Waals surface area (Å²) < 4.78 is 0. The molecule has 1 saturated carbocycles. The van der Waals surface area contributed by atoms with E-state index in [1.807, 2.05) is 6.92 Å². The summed E-state index contributed by atoms with van der Waals surface area (Å²) in [5, 5.41) is 9.11. The smallest absolute Gasteiger partial charge is 0.0502 e. The van der Waals surface area contributed by atoms with Gasteiger partial charge >= 0.3 is 0 Å². The van der Waals surface area contributed by atoms with E-state index < -0.39 is 0 Å². The maximum Gasteiger partial charge on any atom is 0.0502 e. The van der Waals surface area contributed by atoms with Crippen molar-refractivity contribution in [1.29, 1.82) is 0 Å². The molecular weight excluding hydrogens is 126 g/mol. The van der Waals surface area contributed by atoms with E-state index in [1.165, 1.54) is 12.8 Å². The van der Waals surface area contributed by atoms with E-state index in [-0.39, 0.29) is 18.1 Å². The molecule has 0 aromatic carbocycles. The quantitative estimate of drug-likeness (QED) is 0.603. The lowest BCUT2D eigenvalue weighted by Gasteiger charge is -2.30. The fraction of sp³-hybridized carbons (Fsp3) is 1.00. The molecule has 60 valence electrons. The minimum Gasteiger partial charge on any atom is -0.396 e. The first-order chi connectivity index (χ1) is 4.71. The summed E-state index contributed by atoms with van der Waals surface area (Å²) in [6.07, 6.45) is 4.70. The van der Waals surface area contributed by atoms with Crippen LogP contribution < -0.4 is 5.73 Å². The van der Waals surface area contributed by atoms with Crippen molar-refractivity contribution in [2.75, 3.05) is 6.61 Å². The molecule has 1 unspecified atom stereocenters. The first-order valence-corrected chi connectivity index (χ1v) is 4.08. The molecule has 0 amide bonds. The third-order valence-corrected chi connectivity index (χ3v) is 2.88. The van der Waals surface area contributed by atoms with E-state index in [0.717, 1.165) is 12.8 Å². The Morgan fingerprint density at radius 3 is 2.20 bits per heavy atom. The second-order valence-corrected chi connectivity index (χ2v) is 3.52. The maximum absolute atomic E-state index is 9.11. The van der Waals surface area contributed by atoms with Crippen LogP contribution in [0.15, 0.2) is 0 Å². The van der Waals surface area contributed by atoms with Gasteiger partial charge in [0.2, 0.25) is 0 Å². The van der Waals surface area contributed by atoms with Crippen molar-refractivity contribution < 1.29 is 5.11 Å². The minimum atomic E-state index is 0.0694. The van der Waals surface area contributed by atoms with E-state index in [9.17, 15) is 0 Å². The summed E-state index contributed by atoms with van der Waals surface area (Å²) >= 11 is 0. The monoisotopic (exact) mass is 143 g/mol. The normalized spacial score (nSPS) is 26.7. The molecule has 3 N–H and O–H groups in total. The molecule has 1 aliphatic carbocycles. The van der Waals surface area contributed by atoms with Crippen LogP contribution in [0.4, 0.5) is 0 Å². The van der Waals surface area contributed by atoms with Crippen molar-refractivity contribution in [3.05, 3.63) is 0 Å². The topological polar surface area (TPSA) is 46.2 Å². The van der Waals surface area contributed by atoms with Crippen LogP contribution in [0, 0.1) is 5.41 Å². The van der Waals surface area contributed by atoms with Gasteiger partial charge in [-0.05, 0) is 19.8 Å². The fourth-order valence-electron chi connectivity index (χ4n) is 1.84. The number of hydrogen-bond acceptors (Lipinski definition) is 2. The summed E-state index contributed by atoms with van der Waals surface area (Å²) in [6.45, 7) is 2.27. The molecule has 1 fully saturated rings. The van der Waals surface area contributed by atoms with E-state index in [2.05, 4.69) is 0 Å². The average Bonchev–Trinajstić information content (AvgIpc) is 2.35. The minimum absolute atomic E-state index is 0.0694. The van der Waals surface area contributed by atoms with E-state index in [4.69, 9.17) is 10.8 Å². The number of rotatable bonds is 2. The van der Waals surface area contributed by atoms with Gasteiger partial charge in [0.15, 0.2) is 0 Å². The van der Waals surface area contributed by atoms with Crippen molar-refractivity contribution in [2.24, 2.45) is 11.1 Å². The Bertz CT molecular complexity index is 106. The Morgan fingerprint density at radius 1 is 1.50 bits per heavy atom. The molecule has 1 rings (SSSR count). The molecule has 2 nitrogen and oxygen atoms in total. The molecule has 0 bridgehead atoms. The van der Waals surface area contributed by atoms with Gasteiger partial charge in [0.05, 0.1) is 6.61 Å². The van der Waals surface area contributed by atoms with Crippen LogP contribution in [0.3, 0.4) is 0 Å².